The van der Waals surface area contributed by atoms with Gasteiger partial charge in [-0.2, -0.15) is 0 Å². The lowest BCUT2D eigenvalue weighted by molar-refractivity contribution is -0.138. The zero-order chi connectivity index (χ0) is 18.7. The van der Waals surface area contributed by atoms with Gasteiger partial charge in [-0.05, 0) is 43.5 Å². The molecule has 0 atom stereocenters. The zero-order valence-electron chi connectivity index (χ0n) is 15.0. The maximum atomic E-state index is 12.0. The number of aryl methyl sites for hydroxylation is 3. The summed E-state index contributed by atoms with van der Waals surface area (Å²) in [5.41, 5.74) is 4.72. The first-order valence-corrected chi connectivity index (χ1v) is 8.38. The second-order valence-electron chi connectivity index (χ2n) is 6.33. The minimum Gasteiger partial charge on any atom is -0.458 e. The van der Waals surface area contributed by atoms with Gasteiger partial charge in [0.05, 0.1) is 0 Å². The molecule has 0 saturated heterocycles. The van der Waals surface area contributed by atoms with Crippen molar-refractivity contribution in [2.24, 2.45) is 0 Å². The molecule has 0 aliphatic carbocycles. The van der Waals surface area contributed by atoms with Gasteiger partial charge in [0.1, 0.15) is 12.2 Å². The molecule has 3 rings (SSSR count). The second kappa shape index (κ2) is 7.40. The van der Waals surface area contributed by atoms with Crippen molar-refractivity contribution in [3.05, 3.63) is 86.8 Å². The van der Waals surface area contributed by atoms with Crippen LogP contribution in [0.1, 0.15) is 27.8 Å². The number of fused-ring (bicyclic) bond motifs is 1. The summed E-state index contributed by atoms with van der Waals surface area (Å²) in [7, 11) is 0. The number of esters is 1. The Morgan fingerprint density at radius 3 is 2.69 bits per heavy atom. The molecule has 0 N–H and O–H groups in total. The average molecular weight is 348 g/mol. The molecule has 0 aliphatic heterocycles. The van der Waals surface area contributed by atoms with Gasteiger partial charge in [0.15, 0.2) is 0 Å². The Kier molecular flexibility index (Phi) is 5.03. The predicted octanol–water partition coefficient (Wildman–Crippen LogP) is 4.47. The van der Waals surface area contributed by atoms with Gasteiger partial charge in [-0.1, -0.05) is 42.0 Å². The molecule has 4 nitrogen and oxygen atoms in total. The van der Waals surface area contributed by atoms with Crippen molar-refractivity contribution in [1.82, 2.24) is 0 Å². The van der Waals surface area contributed by atoms with E-state index in [4.69, 9.17) is 9.15 Å². The van der Waals surface area contributed by atoms with Gasteiger partial charge in [0.25, 0.3) is 0 Å². The maximum absolute atomic E-state index is 12.0. The third-order valence-corrected chi connectivity index (χ3v) is 4.34. The molecule has 3 aromatic rings. The first kappa shape index (κ1) is 17.7. The lowest BCUT2D eigenvalue weighted by atomic mass is 10.0. The smallest absolute Gasteiger partial charge is 0.336 e. The highest BCUT2D eigenvalue weighted by Crippen LogP contribution is 2.23. The molecule has 26 heavy (non-hydrogen) atoms. The average Bonchev–Trinajstić information content (AvgIpc) is 2.61. The van der Waals surface area contributed by atoms with E-state index in [2.05, 4.69) is 0 Å². The molecule has 0 unspecified atom stereocenters. The zero-order valence-corrected chi connectivity index (χ0v) is 15.0. The van der Waals surface area contributed by atoms with Gasteiger partial charge >= 0.3 is 11.6 Å². The van der Waals surface area contributed by atoms with Crippen LogP contribution in [0.3, 0.4) is 0 Å². The van der Waals surface area contributed by atoms with E-state index in [0.29, 0.717) is 11.1 Å². The molecule has 0 saturated carbocycles. The van der Waals surface area contributed by atoms with E-state index < -0.39 is 11.6 Å². The summed E-state index contributed by atoms with van der Waals surface area (Å²) in [6, 6.07) is 13.0. The molecule has 0 fully saturated rings. The van der Waals surface area contributed by atoms with E-state index in [-0.39, 0.29) is 6.61 Å². The molecule has 0 aliphatic rings. The van der Waals surface area contributed by atoms with Crippen molar-refractivity contribution in [2.45, 2.75) is 27.4 Å². The highest BCUT2D eigenvalue weighted by Gasteiger charge is 2.10. The Balaban J connectivity index is 1.78. The molecular formula is C22H20O4. The summed E-state index contributed by atoms with van der Waals surface area (Å²) in [6.45, 7) is 5.87. The highest BCUT2D eigenvalue weighted by atomic mass is 16.5. The normalized spacial score (nSPS) is 11.2. The topological polar surface area (TPSA) is 56.5 Å². The lowest BCUT2D eigenvalue weighted by Crippen LogP contribution is -2.06. The van der Waals surface area contributed by atoms with Gasteiger partial charge in [0.2, 0.25) is 0 Å². The highest BCUT2D eigenvalue weighted by molar-refractivity contribution is 5.88. The molecule has 1 heterocycles. The number of hydrogen-bond donors (Lipinski definition) is 0. The number of carbonyl (C=O) groups excluding carboxylic acids is 1. The summed E-state index contributed by atoms with van der Waals surface area (Å²) in [5.74, 6) is -0.461. The third kappa shape index (κ3) is 3.91. The van der Waals surface area contributed by atoms with Crippen LogP contribution in [0.15, 0.2) is 57.8 Å². The Morgan fingerprint density at radius 2 is 1.92 bits per heavy atom. The van der Waals surface area contributed by atoms with Crippen LogP contribution >= 0.6 is 0 Å². The van der Waals surface area contributed by atoms with Gasteiger partial charge in [-0.25, -0.2) is 9.59 Å². The van der Waals surface area contributed by atoms with Crippen LogP contribution < -0.4 is 5.63 Å². The van der Waals surface area contributed by atoms with Crippen LogP contribution in [0.2, 0.25) is 0 Å². The first-order valence-electron chi connectivity index (χ1n) is 8.38. The van der Waals surface area contributed by atoms with Crippen LogP contribution in [0.4, 0.5) is 0 Å². The molecule has 1 aromatic heterocycles. The Morgan fingerprint density at radius 1 is 1.12 bits per heavy atom. The van der Waals surface area contributed by atoms with Crippen LogP contribution in [-0.4, -0.2) is 5.97 Å². The molecule has 2 aromatic carbocycles. The monoisotopic (exact) mass is 348 g/mol. The van der Waals surface area contributed by atoms with Crippen LogP contribution in [-0.2, 0) is 16.1 Å². The molecule has 0 radical (unpaired) electrons. The van der Waals surface area contributed by atoms with Crippen molar-refractivity contribution in [2.75, 3.05) is 0 Å². The predicted molar refractivity (Wildman–Crippen MR) is 102 cm³/mol. The molecular weight excluding hydrogens is 328 g/mol. The van der Waals surface area contributed by atoms with Crippen LogP contribution in [0.5, 0.6) is 0 Å². The van der Waals surface area contributed by atoms with Gasteiger partial charge < -0.3 is 9.15 Å². The van der Waals surface area contributed by atoms with Crippen molar-refractivity contribution < 1.29 is 13.9 Å². The van der Waals surface area contributed by atoms with E-state index in [1.807, 2.05) is 57.2 Å². The summed E-state index contributed by atoms with van der Waals surface area (Å²) in [6.07, 6.45) is 3.10. The number of benzene rings is 2. The van der Waals surface area contributed by atoms with E-state index in [9.17, 15) is 9.59 Å². The standard InChI is InChI=1S/C22H20O4/c1-14-5-4-6-17(11-14)8-10-20(23)25-13-18-12-21(24)26-22-16(3)15(2)7-9-19(18)22/h4-12H,13H2,1-3H3/b10-8+. The molecule has 0 spiro atoms. The lowest BCUT2D eigenvalue weighted by Gasteiger charge is -2.09. The van der Waals surface area contributed by atoms with Crippen molar-refractivity contribution in [3.63, 3.8) is 0 Å². The van der Waals surface area contributed by atoms with E-state index in [0.717, 1.165) is 27.6 Å². The summed E-state index contributed by atoms with van der Waals surface area (Å²) < 4.78 is 10.6. The number of rotatable bonds is 4. The van der Waals surface area contributed by atoms with E-state index in [1.54, 1.807) is 6.08 Å². The van der Waals surface area contributed by atoms with Crippen molar-refractivity contribution in [1.29, 1.82) is 0 Å². The molecule has 4 heteroatoms. The van der Waals surface area contributed by atoms with Crippen LogP contribution in [0, 0.1) is 20.8 Å². The van der Waals surface area contributed by atoms with Crippen LogP contribution in [0.25, 0.3) is 17.0 Å². The summed E-state index contributed by atoms with van der Waals surface area (Å²) in [5, 5.41) is 0.781. The fraction of sp³-hybridized carbons (Fsp3) is 0.182. The number of hydrogen-bond acceptors (Lipinski definition) is 4. The Hall–Kier alpha value is -3.14. The van der Waals surface area contributed by atoms with E-state index >= 15 is 0 Å². The summed E-state index contributed by atoms with van der Waals surface area (Å²) >= 11 is 0. The van der Waals surface area contributed by atoms with E-state index in [1.165, 1.54) is 12.1 Å². The Labute approximate surface area is 151 Å². The quantitative estimate of drug-likeness (QED) is 0.396. The molecule has 0 amide bonds. The molecule has 0 bridgehead atoms. The fourth-order valence-electron chi connectivity index (χ4n) is 2.78. The van der Waals surface area contributed by atoms with Crippen molar-refractivity contribution >= 4 is 23.0 Å². The molecule has 132 valence electrons. The minimum absolute atomic E-state index is 0.0155. The first-order chi connectivity index (χ1) is 12.4. The van der Waals surface area contributed by atoms with Crippen molar-refractivity contribution in [3.8, 4) is 0 Å². The summed E-state index contributed by atoms with van der Waals surface area (Å²) in [4.78, 5) is 23.8. The fourth-order valence-corrected chi connectivity index (χ4v) is 2.78. The maximum Gasteiger partial charge on any atom is 0.336 e. The van der Waals surface area contributed by atoms with Gasteiger partial charge in [-0.15, -0.1) is 0 Å². The second-order valence-corrected chi connectivity index (χ2v) is 6.33. The number of carbonyl (C=O) groups is 1. The van der Waals surface area contributed by atoms with Gasteiger partial charge in [0, 0.05) is 23.1 Å². The van der Waals surface area contributed by atoms with Gasteiger partial charge in [-0.3, -0.25) is 0 Å². The minimum atomic E-state index is -0.461. The largest absolute Gasteiger partial charge is 0.458 e. The SMILES string of the molecule is Cc1cccc(/C=C/C(=O)OCc2cc(=O)oc3c(C)c(C)ccc23)c1. The third-order valence-electron chi connectivity index (χ3n) is 4.34. The Bertz CT molecular complexity index is 1060. The number of ether oxygens (including phenoxy) is 1.